The van der Waals surface area contributed by atoms with Crippen LogP contribution in [0.4, 0.5) is 5.82 Å². The second-order valence-electron chi connectivity index (χ2n) is 7.08. The summed E-state index contributed by atoms with van der Waals surface area (Å²) in [5.41, 5.74) is 2.56. The van der Waals surface area contributed by atoms with Crippen molar-refractivity contribution in [1.29, 1.82) is 0 Å². The zero-order chi connectivity index (χ0) is 20.2. The summed E-state index contributed by atoms with van der Waals surface area (Å²) in [7, 11) is 4.09. The van der Waals surface area contributed by atoms with Gasteiger partial charge >= 0.3 is 0 Å². The van der Waals surface area contributed by atoms with E-state index in [1.54, 1.807) is 18.3 Å². The normalized spacial score (nSPS) is 12.2. The van der Waals surface area contributed by atoms with E-state index in [4.69, 9.17) is 4.98 Å². The van der Waals surface area contributed by atoms with Crippen molar-refractivity contribution in [2.75, 3.05) is 26.0 Å². The Morgan fingerprint density at radius 1 is 0.966 bits per heavy atom. The molecular weight excluding hydrogens is 362 g/mol. The number of phenolic OH excluding ortho intramolecular Hbond substituents is 1. The number of aromatic nitrogens is 3. The van der Waals surface area contributed by atoms with Crippen LogP contribution in [0.5, 0.6) is 5.75 Å². The molecule has 4 aromatic rings. The van der Waals surface area contributed by atoms with E-state index in [1.807, 2.05) is 62.8 Å². The molecule has 29 heavy (non-hydrogen) atoms. The van der Waals surface area contributed by atoms with E-state index in [2.05, 4.69) is 26.3 Å². The van der Waals surface area contributed by atoms with Crippen LogP contribution < -0.4 is 5.32 Å². The van der Waals surface area contributed by atoms with E-state index in [9.17, 15) is 5.11 Å². The van der Waals surface area contributed by atoms with E-state index >= 15 is 0 Å². The first-order chi connectivity index (χ1) is 14.1. The van der Waals surface area contributed by atoms with Gasteiger partial charge in [-0.1, -0.05) is 30.3 Å². The molecule has 0 fully saturated rings. The second-order valence-corrected chi connectivity index (χ2v) is 7.08. The van der Waals surface area contributed by atoms with Crippen LogP contribution >= 0.6 is 0 Å². The molecule has 2 aromatic carbocycles. The number of nitrogens with one attached hydrogen (secondary N) is 1. The minimum Gasteiger partial charge on any atom is -0.507 e. The molecule has 6 heteroatoms. The van der Waals surface area contributed by atoms with Crippen molar-refractivity contribution in [2.24, 2.45) is 0 Å². The number of fused-ring (bicyclic) bond motifs is 1. The number of nitrogens with zero attached hydrogens (tertiary/aromatic N) is 4. The predicted molar refractivity (Wildman–Crippen MR) is 116 cm³/mol. The maximum atomic E-state index is 10.3. The summed E-state index contributed by atoms with van der Waals surface area (Å²) in [6.45, 7) is 0.653. The number of para-hydroxylation sites is 2. The smallest absolute Gasteiger partial charge is 0.165 e. The van der Waals surface area contributed by atoms with Crippen molar-refractivity contribution >= 4 is 16.7 Å². The number of benzene rings is 2. The molecule has 146 valence electrons. The van der Waals surface area contributed by atoms with Crippen LogP contribution in [-0.4, -0.2) is 45.6 Å². The molecule has 0 saturated heterocycles. The topological polar surface area (TPSA) is 74.2 Å². The number of phenols is 1. The van der Waals surface area contributed by atoms with Gasteiger partial charge in [-0.2, -0.15) is 0 Å². The first-order valence-electron chi connectivity index (χ1n) is 9.49. The van der Waals surface area contributed by atoms with E-state index in [-0.39, 0.29) is 11.8 Å². The maximum absolute atomic E-state index is 10.3. The molecule has 0 saturated carbocycles. The van der Waals surface area contributed by atoms with Crippen molar-refractivity contribution in [3.63, 3.8) is 0 Å². The van der Waals surface area contributed by atoms with Crippen LogP contribution in [0.25, 0.3) is 22.3 Å². The molecule has 6 nitrogen and oxygen atoms in total. The second kappa shape index (κ2) is 8.24. The highest BCUT2D eigenvalue weighted by Crippen LogP contribution is 2.30. The third-order valence-corrected chi connectivity index (χ3v) is 4.90. The lowest BCUT2D eigenvalue weighted by atomic mass is 10.1. The predicted octanol–water partition coefficient (Wildman–Crippen LogP) is 4.11. The van der Waals surface area contributed by atoms with Crippen LogP contribution in [-0.2, 0) is 0 Å². The molecule has 0 radical (unpaired) electrons. The summed E-state index contributed by atoms with van der Waals surface area (Å²) >= 11 is 0. The Labute approximate surface area is 169 Å². The lowest BCUT2D eigenvalue weighted by Crippen LogP contribution is -2.27. The van der Waals surface area contributed by atoms with Gasteiger partial charge in [-0.25, -0.2) is 9.97 Å². The van der Waals surface area contributed by atoms with Crippen LogP contribution in [0, 0.1) is 0 Å². The maximum Gasteiger partial charge on any atom is 0.165 e. The largest absolute Gasteiger partial charge is 0.507 e. The van der Waals surface area contributed by atoms with E-state index in [0.717, 1.165) is 22.3 Å². The average Bonchev–Trinajstić information content (AvgIpc) is 2.74. The highest BCUT2D eigenvalue weighted by molar-refractivity contribution is 5.90. The number of likely N-dealkylation sites (N-methyl/N-ethyl adjacent to an activating group) is 1. The minimum absolute atomic E-state index is 0.131. The quantitative estimate of drug-likeness (QED) is 0.520. The van der Waals surface area contributed by atoms with Crippen LogP contribution in [0.15, 0.2) is 73.1 Å². The molecule has 4 rings (SSSR count). The number of hydrogen-bond donors (Lipinski definition) is 2. The van der Waals surface area contributed by atoms with Gasteiger partial charge in [-0.15, -0.1) is 0 Å². The van der Waals surface area contributed by atoms with Crippen molar-refractivity contribution in [3.05, 3.63) is 78.6 Å². The van der Waals surface area contributed by atoms with Crippen molar-refractivity contribution < 1.29 is 5.11 Å². The Morgan fingerprint density at radius 2 is 1.76 bits per heavy atom. The van der Waals surface area contributed by atoms with Gasteiger partial charge in [0.1, 0.15) is 11.6 Å². The fraction of sp³-hybridized carbons (Fsp3) is 0.174. The van der Waals surface area contributed by atoms with Gasteiger partial charge in [-0.3, -0.25) is 4.98 Å². The SMILES string of the molecule is CN(C)C(CNc1nc(-c2ccccc2O)nc2ccccc12)c1cccnc1. The lowest BCUT2D eigenvalue weighted by molar-refractivity contribution is 0.311. The Balaban J connectivity index is 1.72. The Hall–Kier alpha value is -3.51. The molecule has 2 heterocycles. The molecular formula is C23H23N5O. The van der Waals surface area contributed by atoms with E-state index < -0.39 is 0 Å². The molecule has 0 aliphatic heterocycles. The number of hydrogen-bond acceptors (Lipinski definition) is 6. The van der Waals surface area contributed by atoms with Crippen molar-refractivity contribution in [2.45, 2.75) is 6.04 Å². The molecule has 0 aliphatic carbocycles. The molecule has 0 spiro atoms. The molecule has 0 amide bonds. The molecule has 0 bridgehead atoms. The summed E-state index contributed by atoms with van der Waals surface area (Å²) in [5, 5.41) is 14.7. The zero-order valence-electron chi connectivity index (χ0n) is 16.4. The molecule has 2 N–H and O–H groups in total. The molecule has 2 aromatic heterocycles. The number of pyridine rings is 1. The van der Waals surface area contributed by atoms with Gasteiger partial charge in [-0.05, 0) is 50.0 Å². The fourth-order valence-electron chi connectivity index (χ4n) is 3.36. The van der Waals surface area contributed by atoms with Crippen molar-refractivity contribution in [3.8, 4) is 17.1 Å². The number of aromatic hydroxyl groups is 1. The highest BCUT2D eigenvalue weighted by Gasteiger charge is 2.16. The summed E-state index contributed by atoms with van der Waals surface area (Å²) < 4.78 is 0. The third-order valence-electron chi connectivity index (χ3n) is 4.90. The summed E-state index contributed by atoms with van der Waals surface area (Å²) in [4.78, 5) is 15.8. The van der Waals surface area contributed by atoms with Gasteiger partial charge in [0.05, 0.1) is 17.1 Å². The minimum atomic E-state index is 0.131. The first kappa shape index (κ1) is 18.8. The lowest BCUT2D eigenvalue weighted by Gasteiger charge is -2.25. The first-order valence-corrected chi connectivity index (χ1v) is 9.49. The van der Waals surface area contributed by atoms with Gasteiger partial charge in [0.15, 0.2) is 5.82 Å². The molecule has 1 atom stereocenters. The summed E-state index contributed by atoms with van der Waals surface area (Å²) in [6, 6.07) is 19.1. The summed E-state index contributed by atoms with van der Waals surface area (Å²) in [6.07, 6.45) is 3.66. The van der Waals surface area contributed by atoms with Gasteiger partial charge in [0.2, 0.25) is 0 Å². The highest BCUT2D eigenvalue weighted by atomic mass is 16.3. The van der Waals surface area contributed by atoms with E-state index in [1.165, 1.54) is 0 Å². The van der Waals surface area contributed by atoms with Crippen LogP contribution in [0.2, 0.25) is 0 Å². The Kier molecular flexibility index (Phi) is 5.35. The number of rotatable bonds is 6. The fourth-order valence-corrected chi connectivity index (χ4v) is 3.36. The average molecular weight is 385 g/mol. The van der Waals surface area contributed by atoms with Gasteiger partial charge in [0, 0.05) is 24.3 Å². The van der Waals surface area contributed by atoms with Crippen LogP contribution in [0.3, 0.4) is 0 Å². The summed E-state index contributed by atoms with van der Waals surface area (Å²) in [5.74, 6) is 1.40. The standard InChI is InChI=1S/C23H23N5O/c1-28(2)20(16-8-7-13-24-14-16)15-25-22-17-9-3-5-11-19(17)26-23(27-22)18-10-4-6-12-21(18)29/h3-14,20,29H,15H2,1-2H3,(H,25,26,27). The van der Waals surface area contributed by atoms with Gasteiger partial charge in [0.25, 0.3) is 0 Å². The zero-order valence-corrected chi connectivity index (χ0v) is 16.4. The Bertz CT molecular complexity index is 1110. The van der Waals surface area contributed by atoms with Gasteiger partial charge < -0.3 is 15.3 Å². The van der Waals surface area contributed by atoms with Crippen LogP contribution in [0.1, 0.15) is 11.6 Å². The monoisotopic (exact) mass is 385 g/mol. The molecule has 0 aliphatic rings. The van der Waals surface area contributed by atoms with E-state index in [0.29, 0.717) is 17.9 Å². The number of anilines is 1. The third kappa shape index (κ3) is 4.02. The molecule has 1 unspecified atom stereocenters. The van der Waals surface area contributed by atoms with Crippen molar-refractivity contribution in [1.82, 2.24) is 19.9 Å². The Morgan fingerprint density at radius 3 is 2.52 bits per heavy atom.